The van der Waals surface area contributed by atoms with Crippen LogP contribution >= 0.6 is 0 Å². The molecule has 2 heterocycles. The van der Waals surface area contributed by atoms with Gasteiger partial charge in [0.1, 0.15) is 5.82 Å². The number of aryl methyl sites for hydroxylation is 1. The van der Waals surface area contributed by atoms with Crippen LogP contribution in [0.3, 0.4) is 0 Å². The van der Waals surface area contributed by atoms with E-state index < -0.39 is 0 Å². The minimum atomic E-state index is 0.142. The van der Waals surface area contributed by atoms with E-state index in [0.29, 0.717) is 12.4 Å². The van der Waals surface area contributed by atoms with Crippen LogP contribution in [-0.4, -0.2) is 65.4 Å². The standard InChI is InChI=1S/C19H25N5O/c1-16-4-3-5-17(12-16)14-23-8-10-24(11-9-23)19(25)15-22(2)18-13-20-6-7-21-18/h3-7,12-13H,8-11,14-15H2,1-2H3. The first-order valence-corrected chi connectivity index (χ1v) is 8.64. The highest BCUT2D eigenvalue weighted by Gasteiger charge is 2.22. The Morgan fingerprint density at radius 1 is 1.20 bits per heavy atom. The Hall–Kier alpha value is -2.47. The molecule has 1 saturated heterocycles. The maximum Gasteiger partial charge on any atom is 0.242 e. The molecule has 0 spiro atoms. The van der Waals surface area contributed by atoms with Gasteiger partial charge in [-0.1, -0.05) is 29.8 Å². The number of nitrogens with zero attached hydrogens (tertiary/aromatic N) is 5. The van der Waals surface area contributed by atoms with E-state index in [1.54, 1.807) is 18.6 Å². The average molecular weight is 339 g/mol. The van der Waals surface area contributed by atoms with Crippen LogP contribution in [0, 0.1) is 6.92 Å². The lowest BCUT2D eigenvalue weighted by Gasteiger charge is -2.35. The lowest BCUT2D eigenvalue weighted by atomic mass is 10.1. The number of hydrogen-bond donors (Lipinski definition) is 0. The van der Waals surface area contributed by atoms with Gasteiger partial charge in [0.05, 0.1) is 12.7 Å². The van der Waals surface area contributed by atoms with Crippen LogP contribution in [0.1, 0.15) is 11.1 Å². The first-order chi connectivity index (χ1) is 12.1. The maximum atomic E-state index is 12.5. The quantitative estimate of drug-likeness (QED) is 0.828. The van der Waals surface area contributed by atoms with Crippen LogP contribution < -0.4 is 4.90 Å². The van der Waals surface area contributed by atoms with Gasteiger partial charge >= 0.3 is 0 Å². The molecule has 3 rings (SSSR count). The first-order valence-electron chi connectivity index (χ1n) is 8.64. The van der Waals surface area contributed by atoms with Gasteiger partial charge in [-0.05, 0) is 12.5 Å². The van der Waals surface area contributed by atoms with E-state index in [2.05, 4.69) is 46.1 Å². The molecular weight excluding hydrogens is 314 g/mol. The number of carbonyl (C=O) groups excluding carboxylic acids is 1. The van der Waals surface area contributed by atoms with Crippen LogP contribution in [0.4, 0.5) is 5.82 Å². The minimum Gasteiger partial charge on any atom is -0.349 e. The van der Waals surface area contributed by atoms with Crippen molar-refractivity contribution >= 4 is 11.7 Å². The highest BCUT2D eigenvalue weighted by molar-refractivity contribution is 5.81. The molecule has 0 saturated carbocycles. The number of benzene rings is 1. The average Bonchev–Trinajstić information content (AvgIpc) is 2.63. The zero-order chi connectivity index (χ0) is 17.6. The summed E-state index contributed by atoms with van der Waals surface area (Å²) in [5.74, 6) is 0.859. The van der Waals surface area contributed by atoms with Crippen LogP contribution in [0.25, 0.3) is 0 Å². The number of aromatic nitrogens is 2. The molecule has 0 radical (unpaired) electrons. The zero-order valence-electron chi connectivity index (χ0n) is 14.9. The van der Waals surface area contributed by atoms with Gasteiger partial charge in [0.2, 0.25) is 5.91 Å². The third-order valence-electron chi connectivity index (χ3n) is 4.53. The summed E-state index contributed by atoms with van der Waals surface area (Å²) in [7, 11) is 1.87. The summed E-state index contributed by atoms with van der Waals surface area (Å²) in [6.45, 7) is 6.77. The predicted octanol–water partition coefficient (Wildman–Crippen LogP) is 1.57. The molecule has 0 unspecified atom stereocenters. The highest BCUT2D eigenvalue weighted by atomic mass is 16.2. The number of hydrogen-bond acceptors (Lipinski definition) is 5. The van der Waals surface area contributed by atoms with Gasteiger partial charge in [-0.25, -0.2) is 4.98 Å². The molecule has 25 heavy (non-hydrogen) atoms. The second-order valence-electron chi connectivity index (χ2n) is 6.57. The molecule has 1 aliphatic heterocycles. The van der Waals surface area contributed by atoms with Gasteiger partial charge in [0.25, 0.3) is 0 Å². The predicted molar refractivity (Wildman–Crippen MR) is 98.3 cm³/mol. The monoisotopic (exact) mass is 339 g/mol. The molecule has 1 aromatic heterocycles. The van der Waals surface area contributed by atoms with Crippen molar-refractivity contribution in [3.8, 4) is 0 Å². The molecule has 1 aliphatic rings. The summed E-state index contributed by atoms with van der Waals surface area (Å²) in [5, 5.41) is 0. The van der Waals surface area contributed by atoms with Crippen molar-refractivity contribution in [1.82, 2.24) is 19.8 Å². The molecule has 0 atom stereocenters. The second kappa shape index (κ2) is 8.07. The third kappa shape index (κ3) is 4.76. The molecule has 132 valence electrons. The SMILES string of the molecule is Cc1cccc(CN2CCN(C(=O)CN(C)c3cnccn3)CC2)c1. The van der Waals surface area contributed by atoms with Gasteiger partial charge in [0, 0.05) is 52.2 Å². The summed E-state index contributed by atoms with van der Waals surface area (Å²) in [6, 6.07) is 8.62. The lowest BCUT2D eigenvalue weighted by Crippen LogP contribution is -2.50. The Kier molecular flexibility index (Phi) is 5.60. The van der Waals surface area contributed by atoms with Gasteiger partial charge in [-0.3, -0.25) is 14.7 Å². The fourth-order valence-electron chi connectivity index (χ4n) is 3.10. The Labute approximate surface area is 149 Å². The molecule has 6 nitrogen and oxygen atoms in total. The normalized spacial score (nSPS) is 15.2. The number of carbonyl (C=O) groups is 1. The summed E-state index contributed by atoms with van der Waals surface area (Å²) in [5.41, 5.74) is 2.63. The Bertz CT molecular complexity index is 698. The number of anilines is 1. The molecule has 0 N–H and O–H groups in total. The number of piperazine rings is 1. The van der Waals surface area contributed by atoms with Crippen molar-refractivity contribution < 1.29 is 4.79 Å². The van der Waals surface area contributed by atoms with E-state index >= 15 is 0 Å². The number of amides is 1. The van der Waals surface area contributed by atoms with Gasteiger partial charge < -0.3 is 9.80 Å². The molecule has 1 aromatic carbocycles. The van der Waals surface area contributed by atoms with Crippen molar-refractivity contribution in [1.29, 1.82) is 0 Å². The summed E-state index contributed by atoms with van der Waals surface area (Å²) >= 11 is 0. The largest absolute Gasteiger partial charge is 0.349 e. The lowest BCUT2D eigenvalue weighted by molar-refractivity contribution is -0.131. The summed E-state index contributed by atoms with van der Waals surface area (Å²) < 4.78 is 0. The molecule has 2 aromatic rings. The van der Waals surface area contributed by atoms with Crippen LogP contribution in [0.15, 0.2) is 42.9 Å². The van der Waals surface area contributed by atoms with Crippen molar-refractivity contribution in [2.45, 2.75) is 13.5 Å². The fourth-order valence-corrected chi connectivity index (χ4v) is 3.10. The fraction of sp³-hybridized carbons (Fsp3) is 0.421. The second-order valence-corrected chi connectivity index (χ2v) is 6.57. The van der Waals surface area contributed by atoms with E-state index in [1.165, 1.54) is 11.1 Å². The maximum absolute atomic E-state index is 12.5. The van der Waals surface area contributed by atoms with Crippen molar-refractivity contribution in [2.75, 3.05) is 44.7 Å². The van der Waals surface area contributed by atoms with Crippen LogP contribution in [0.2, 0.25) is 0 Å². The van der Waals surface area contributed by atoms with Crippen molar-refractivity contribution in [3.05, 3.63) is 54.0 Å². The summed E-state index contributed by atoms with van der Waals surface area (Å²) in [4.78, 5) is 27.0. The van der Waals surface area contributed by atoms with E-state index in [1.807, 2.05) is 16.8 Å². The van der Waals surface area contributed by atoms with Crippen LogP contribution in [0.5, 0.6) is 0 Å². The van der Waals surface area contributed by atoms with E-state index in [4.69, 9.17) is 0 Å². The molecule has 1 amide bonds. The third-order valence-corrected chi connectivity index (χ3v) is 4.53. The van der Waals surface area contributed by atoms with Gasteiger partial charge in [0.15, 0.2) is 0 Å². The molecule has 0 aliphatic carbocycles. The van der Waals surface area contributed by atoms with E-state index in [-0.39, 0.29) is 5.91 Å². The smallest absolute Gasteiger partial charge is 0.242 e. The summed E-state index contributed by atoms with van der Waals surface area (Å²) in [6.07, 6.45) is 4.94. The van der Waals surface area contributed by atoms with Gasteiger partial charge in [-0.15, -0.1) is 0 Å². The van der Waals surface area contributed by atoms with E-state index in [9.17, 15) is 4.79 Å². The van der Waals surface area contributed by atoms with Crippen LogP contribution in [-0.2, 0) is 11.3 Å². The van der Waals surface area contributed by atoms with Crippen molar-refractivity contribution in [2.24, 2.45) is 0 Å². The first kappa shape index (κ1) is 17.4. The zero-order valence-corrected chi connectivity index (χ0v) is 14.9. The molecule has 0 bridgehead atoms. The molecular formula is C19H25N5O. The number of rotatable bonds is 5. The topological polar surface area (TPSA) is 52.6 Å². The Morgan fingerprint density at radius 2 is 2.00 bits per heavy atom. The molecule has 1 fully saturated rings. The number of likely N-dealkylation sites (N-methyl/N-ethyl adjacent to an activating group) is 1. The van der Waals surface area contributed by atoms with Gasteiger partial charge in [-0.2, -0.15) is 0 Å². The Morgan fingerprint density at radius 3 is 2.68 bits per heavy atom. The van der Waals surface area contributed by atoms with Crippen molar-refractivity contribution in [3.63, 3.8) is 0 Å². The van der Waals surface area contributed by atoms with E-state index in [0.717, 1.165) is 32.7 Å². The Balaban J connectivity index is 1.47. The molecule has 6 heteroatoms. The minimum absolute atomic E-state index is 0.142. The highest BCUT2D eigenvalue weighted by Crippen LogP contribution is 2.11.